The standard InChI is InChI=1S/C24H30O3/c1-3-5-16-21(24(26)27-17-4-2)22(19-12-8-6-9-13-19)18-23(25)20-14-10-7-11-15-20/h6-15,21-22H,3-5,16-18H2,1-2H3/t21?,22-/m1/s1. The second-order valence-electron chi connectivity index (χ2n) is 6.93. The van der Waals surface area contributed by atoms with Crippen LogP contribution in [-0.2, 0) is 9.53 Å². The lowest BCUT2D eigenvalue weighted by atomic mass is 9.79. The van der Waals surface area contributed by atoms with Gasteiger partial charge in [-0.3, -0.25) is 9.59 Å². The molecule has 1 unspecified atom stereocenters. The number of hydrogen-bond donors (Lipinski definition) is 0. The van der Waals surface area contributed by atoms with E-state index in [1.54, 1.807) is 0 Å². The molecule has 0 spiro atoms. The molecule has 0 amide bonds. The first kappa shape index (κ1) is 20.9. The van der Waals surface area contributed by atoms with Crippen LogP contribution >= 0.6 is 0 Å². The highest BCUT2D eigenvalue weighted by atomic mass is 16.5. The molecule has 2 aromatic carbocycles. The first-order valence-electron chi connectivity index (χ1n) is 9.97. The second kappa shape index (κ2) is 11.3. The minimum Gasteiger partial charge on any atom is -0.465 e. The number of benzene rings is 2. The number of hydrogen-bond acceptors (Lipinski definition) is 3. The summed E-state index contributed by atoms with van der Waals surface area (Å²) in [6.07, 6.45) is 3.79. The highest BCUT2D eigenvalue weighted by Gasteiger charge is 2.32. The van der Waals surface area contributed by atoms with E-state index >= 15 is 0 Å². The van der Waals surface area contributed by atoms with E-state index in [1.165, 1.54) is 0 Å². The lowest BCUT2D eigenvalue weighted by molar-refractivity contribution is -0.149. The fourth-order valence-electron chi connectivity index (χ4n) is 3.35. The normalized spacial score (nSPS) is 13.0. The van der Waals surface area contributed by atoms with Gasteiger partial charge in [0, 0.05) is 17.9 Å². The predicted molar refractivity (Wildman–Crippen MR) is 109 cm³/mol. The minimum absolute atomic E-state index is 0.0641. The summed E-state index contributed by atoms with van der Waals surface area (Å²) in [5.74, 6) is -0.587. The van der Waals surface area contributed by atoms with Gasteiger partial charge in [-0.05, 0) is 18.4 Å². The monoisotopic (exact) mass is 366 g/mol. The van der Waals surface area contributed by atoms with Crippen molar-refractivity contribution in [1.82, 2.24) is 0 Å². The van der Waals surface area contributed by atoms with Gasteiger partial charge in [0.2, 0.25) is 0 Å². The first-order valence-corrected chi connectivity index (χ1v) is 9.97. The Balaban J connectivity index is 2.30. The van der Waals surface area contributed by atoms with Crippen LogP contribution in [-0.4, -0.2) is 18.4 Å². The highest BCUT2D eigenvalue weighted by molar-refractivity contribution is 5.96. The molecule has 2 atom stereocenters. The third-order valence-electron chi connectivity index (χ3n) is 4.83. The molecule has 3 nitrogen and oxygen atoms in total. The minimum atomic E-state index is -0.299. The maximum absolute atomic E-state index is 12.9. The zero-order chi connectivity index (χ0) is 19.5. The fraction of sp³-hybridized carbons (Fsp3) is 0.417. The van der Waals surface area contributed by atoms with E-state index in [4.69, 9.17) is 4.74 Å². The summed E-state index contributed by atoms with van der Waals surface area (Å²) in [6, 6.07) is 19.2. The SMILES string of the molecule is CCCCC(C(=O)OCCC)[C@H](CC(=O)c1ccccc1)c1ccccc1. The number of unbranched alkanes of at least 4 members (excludes halogenated alkanes) is 1. The van der Waals surface area contributed by atoms with Crippen molar-refractivity contribution < 1.29 is 14.3 Å². The summed E-state index contributed by atoms with van der Waals surface area (Å²) >= 11 is 0. The predicted octanol–water partition coefficient (Wildman–Crippen LogP) is 5.80. The van der Waals surface area contributed by atoms with Crippen molar-refractivity contribution in [2.45, 2.75) is 51.9 Å². The molecule has 0 fully saturated rings. The Morgan fingerprint density at radius 1 is 0.889 bits per heavy atom. The van der Waals surface area contributed by atoms with Gasteiger partial charge >= 0.3 is 5.97 Å². The van der Waals surface area contributed by atoms with Crippen LogP contribution in [0.25, 0.3) is 0 Å². The Bertz CT molecular complexity index is 694. The third kappa shape index (κ3) is 6.35. The van der Waals surface area contributed by atoms with E-state index in [0.29, 0.717) is 18.6 Å². The van der Waals surface area contributed by atoms with Crippen molar-refractivity contribution in [3.63, 3.8) is 0 Å². The van der Waals surface area contributed by atoms with E-state index in [2.05, 4.69) is 6.92 Å². The molecule has 0 aliphatic carbocycles. The van der Waals surface area contributed by atoms with E-state index in [1.807, 2.05) is 67.6 Å². The molecular weight excluding hydrogens is 336 g/mol. The molecule has 0 aliphatic rings. The van der Waals surface area contributed by atoms with Crippen LogP contribution in [0.15, 0.2) is 60.7 Å². The zero-order valence-electron chi connectivity index (χ0n) is 16.4. The maximum atomic E-state index is 12.9. The van der Waals surface area contributed by atoms with Gasteiger partial charge in [-0.15, -0.1) is 0 Å². The van der Waals surface area contributed by atoms with Crippen LogP contribution in [0.4, 0.5) is 0 Å². The first-order chi connectivity index (χ1) is 13.2. The van der Waals surface area contributed by atoms with Gasteiger partial charge in [-0.25, -0.2) is 0 Å². The number of Topliss-reactive ketones (excluding diaryl/α,β-unsaturated/α-hetero) is 1. The molecule has 2 aromatic rings. The molecule has 0 bridgehead atoms. The number of rotatable bonds is 11. The van der Waals surface area contributed by atoms with Crippen molar-refractivity contribution in [3.8, 4) is 0 Å². The van der Waals surface area contributed by atoms with Crippen molar-refractivity contribution in [2.24, 2.45) is 5.92 Å². The zero-order valence-corrected chi connectivity index (χ0v) is 16.4. The molecular formula is C24H30O3. The molecule has 0 aromatic heterocycles. The number of ether oxygens (including phenoxy) is 1. The maximum Gasteiger partial charge on any atom is 0.309 e. The van der Waals surface area contributed by atoms with Crippen molar-refractivity contribution in [3.05, 3.63) is 71.8 Å². The van der Waals surface area contributed by atoms with Crippen LogP contribution < -0.4 is 0 Å². The molecule has 0 aliphatic heterocycles. The largest absolute Gasteiger partial charge is 0.465 e. The van der Waals surface area contributed by atoms with E-state index in [-0.39, 0.29) is 23.6 Å². The molecule has 0 saturated carbocycles. The molecule has 27 heavy (non-hydrogen) atoms. The third-order valence-corrected chi connectivity index (χ3v) is 4.83. The number of ketones is 1. The lowest BCUT2D eigenvalue weighted by Gasteiger charge is -2.26. The van der Waals surface area contributed by atoms with E-state index in [9.17, 15) is 9.59 Å². The van der Waals surface area contributed by atoms with Crippen LogP contribution in [0.5, 0.6) is 0 Å². The summed E-state index contributed by atoms with van der Waals surface area (Å²) in [5, 5.41) is 0. The number of carbonyl (C=O) groups is 2. The van der Waals surface area contributed by atoms with Crippen LogP contribution in [0.3, 0.4) is 0 Å². The molecule has 0 radical (unpaired) electrons. The van der Waals surface area contributed by atoms with Crippen LogP contribution in [0.2, 0.25) is 0 Å². The Morgan fingerprint density at radius 3 is 2.11 bits per heavy atom. The van der Waals surface area contributed by atoms with Gasteiger partial charge in [-0.1, -0.05) is 87.4 Å². The summed E-state index contributed by atoms with van der Waals surface area (Å²) in [7, 11) is 0. The quantitative estimate of drug-likeness (QED) is 0.373. The molecule has 144 valence electrons. The Kier molecular flexibility index (Phi) is 8.76. The van der Waals surface area contributed by atoms with Gasteiger partial charge in [0.25, 0.3) is 0 Å². The molecule has 0 saturated heterocycles. The average Bonchev–Trinajstić information content (AvgIpc) is 2.72. The van der Waals surface area contributed by atoms with Gasteiger partial charge < -0.3 is 4.74 Å². The van der Waals surface area contributed by atoms with Gasteiger partial charge in [0.05, 0.1) is 12.5 Å². The number of carbonyl (C=O) groups excluding carboxylic acids is 2. The fourth-order valence-corrected chi connectivity index (χ4v) is 3.35. The smallest absolute Gasteiger partial charge is 0.309 e. The molecule has 0 N–H and O–H groups in total. The average molecular weight is 367 g/mol. The molecule has 2 rings (SSSR count). The van der Waals surface area contributed by atoms with Crippen LogP contribution in [0, 0.1) is 5.92 Å². The summed E-state index contributed by atoms with van der Waals surface area (Å²) < 4.78 is 5.49. The van der Waals surface area contributed by atoms with Gasteiger partial charge in [0.15, 0.2) is 5.78 Å². The molecule has 0 heterocycles. The Labute approximate surface area is 162 Å². The number of esters is 1. The topological polar surface area (TPSA) is 43.4 Å². The van der Waals surface area contributed by atoms with Crippen LogP contribution in [0.1, 0.15) is 67.8 Å². The lowest BCUT2D eigenvalue weighted by Crippen LogP contribution is -2.27. The van der Waals surface area contributed by atoms with Gasteiger partial charge in [-0.2, -0.15) is 0 Å². The van der Waals surface area contributed by atoms with Crippen molar-refractivity contribution >= 4 is 11.8 Å². The highest BCUT2D eigenvalue weighted by Crippen LogP contribution is 2.34. The Morgan fingerprint density at radius 2 is 1.52 bits per heavy atom. The van der Waals surface area contributed by atoms with Gasteiger partial charge in [0.1, 0.15) is 0 Å². The van der Waals surface area contributed by atoms with E-state index < -0.39 is 0 Å². The second-order valence-corrected chi connectivity index (χ2v) is 6.93. The van der Waals surface area contributed by atoms with Crippen molar-refractivity contribution in [2.75, 3.05) is 6.61 Å². The summed E-state index contributed by atoms with van der Waals surface area (Å²) in [4.78, 5) is 25.7. The summed E-state index contributed by atoms with van der Waals surface area (Å²) in [5.41, 5.74) is 1.71. The summed E-state index contributed by atoms with van der Waals surface area (Å²) in [6.45, 7) is 4.53. The van der Waals surface area contributed by atoms with E-state index in [0.717, 1.165) is 31.2 Å². The Hall–Kier alpha value is -2.42. The van der Waals surface area contributed by atoms with Crippen molar-refractivity contribution in [1.29, 1.82) is 0 Å². The molecule has 3 heteroatoms.